The fourth-order valence-corrected chi connectivity index (χ4v) is 3.72. The fraction of sp³-hybridized carbons (Fsp3) is 0.647. The summed E-state index contributed by atoms with van der Waals surface area (Å²) in [6, 6.07) is 6.36. The van der Waals surface area contributed by atoms with Crippen molar-refractivity contribution in [2.24, 2.45) is 0 Å². The number of hydrogen-bond donors (Lipinski definition) is 1. The number of ether oxygens (including phenoxy) is 3. The molecule has 1 aromatic carbocycles. The Morgan fingerprint density at radius 2 is 2.14 bits per heavy atom. The average molecular weight is 291 g/mol. The van der Waals surface area contributed by atoms with Crippen molar-refractivity contribution < 1.29 is 14.2 Å². The first kappa shape index (κ1) is 14.7. The van der Waals surface area contributed by atoms with Crippen LogP contribution in [-0.4, -0.2) is 32.0 Å². The summed E-state index contributed by atoms with van der Waals surface area (Å²) >= 11 is 0. The molecule has 2 atom stereocenters. The minimum atomic E-state index is -0.128. The summed E-state index contributed by atoms with van der Waals surface area (Å²) in [5, 5.41) is 3.43. The number of nitrogens with one attached hydrogen (secondary N) is 1. The Morgan fingerprint density at radius 1 is 1.33 bits per heavy atom. The van der Waals surface area contributed by atoms with Crippen LogP contribution < -0.4 is 14.8 Å². The number of rotatable bonds is 2. The lowest BCUT2D eigenvalue weighted by atomic mass is 9.77. The third-order valence-corrected chi connectivity index (χ3v) is 4.64. The molecule has 116 valence electrons. The third kappa shape index (κ3) is 2.74. The molecule has 21 heavy (non-hydrogen) atoms. The summed E-state index contributed by atoms with van der Waals surface area (Å²) in [7, 11) is 3.71. The van der Waals surface area contributed by atoms with Gasteiger partial charge in [0.1, 0.15) is 17.1 Å². The van der Waals surface area contributed by atoms with E-state index in [9.17, 15) is 0 Å². The van der Waals surface area contributed by atoms with Crippen molar-refractivity contribution >= 4 is 0 Å². The van der Waals surface area contributed by atoms with Gasteiger partial charge >= 0.3 is 0 Å². The second-order valence-electron chi connectivity index (χ2n) is 6.77. The van der Waals surface area contributed by atoms with E-state index in [2.05, 4.69) is 25.2 Å². The van der Waals surface area contributed by atoms with E-state index in [4.69, 9.17) is 14.2 Å². The highest BCUT2D eigenvalue weighted by atomic mass is 16.5. The molecule has 0 radical (unpaired) electrons. The highest BCUT2D eigenvalue weighted by Gasteiger charge is 2.47. The molecule has 3 rings (SSSR count). The molecule has 1 fully saturated rings. The zero-order valence-electron chi connectivity index (χ0n) is 13.4. The van der Waals surface area contributed by atoms with Gasteiger partial charge in [-0.3, -0.25) is 0 Å². The molecule has 2 unspecified atom stereocenters. The quantitative estimate of drug-likeness (QED) is 0.909. The van der Waals surface area contributed by atoms with E-state index in [1.807, 2.05) is 19.2 Å². The first-order chi connectivity index (χ1) is 9.97. The summed E-state index contributed by atoms with van der Waals surface area (Å²) in [4.78, 5) is 0. The van der Waals surface area contributed by atoms with Crippen molar-refractivity contribution in [2.45, 2.75) is 50.4 Å². The van der Waals surface area contributed by atoms with Gasteiger partial charge in [0.15, 0.2) is 0 Å². The Balaban J connectivity index is 1.95. The van der Waals surface area contributed by atoms with Gasteiger partial charge in [0.25, 0.3) is 0 Å². The highest BCUT2D eigenvalue weighted by Crippen LogP contribution is 2.47. The number of hydrogen-bond acceptors (Lipinski definition) is 4. The maximum absolute atomic E-state index is 6.45. The van der Waals surface area contributed by atoms with E-state index < -0.39 is 0 Å². The zero-order valence-corrected chi connectivity index (χ0v) is 13.4. The van der Waals surface area contributed by atoms with Gasteiger partial charge in [-0.2, -0.15) is 0 Å². The Morgan fingerprint density at radius 3 is 2.81 bits per heavy atom. The van der Waals surface area contributed by atoms with Gasteiger partial charge in [-0.1, -0.05) is 0 Å². The van der Waals surface area contributed by atoms with Crippen LogP contribution in [0.3, 0.4) is 0 Å². The SMILES string of the molecule is CNC1CC2(CCOC(C)(C)C2)Oc2ccc(OC)cc21. The summed E-state index contributed by atoms with van der Waals surface area (Å²) in [5.74, 6) is 1.85. The smallest absolute Gasteiger partial charge is 0.125 e. The van der Waals surface area contributed by atoms with Crippen LogP contribution in [-0.2, 0) is 4.74 Å². The Bertz CT molecular complexity index is 529. The Labute approximate surface area is 126 Å². The molecule has 4 heteroatoms. The molecular weight excluding hydrogens is 266 g/mol. The van der Waals surface area contributed by atoms with Crippen LogP contribution in [0.5, 0.6) is 11.5 Å². The zero-order chi connectivity index (χ0) is 15.1. The molecule has 4 nitrogen and oxygen atoms in total. The van der Waals surface area contributed by atoms with Crippen LogP contribution in [0.2, 0.25) is 0 Å². The summed E-state index contributed by atoms with van der Waals surface area (Å²) < 4.78 is 17.7. The van der Waals surface area contributed by atoms with Crippen molar-refractivity contribution in [3.63, 3.8) is 0 Å². The standard InChI is InChI=1S/C17H25NO3/c1-16(2)11-17(7-8-20-16)10-14(18-3)13-9-12(19-4)5-6-15(13)21-17/h5-6,9,14,18H,7-8,10-11H2,1-4H3. The van der Waals surface area contributed by atoms with Crippen molar-refractivity contribution in [1.29, 1.82) is 0 Å². The number of methoxy groups -OCH3 is 1. The first-order valence-corrected chi connectivity index (χ1v) is 7.65. The number of benzene rings is 1. The highest BCUT2D eigenvalue weighted by molar-refractivity contribution is 5.44. The van der Waals surface area contributed by atoms with E-state index in [0.717, 1.165) is 37.4 Å². The monoisotopic (exact) mass is 291 g/mol. The van der Waals surface area contributed by atoms with E-state index in [-0.39, 0.29) is 17.2 Å². The van der Waals surface area contributed by atoms with Crippen molar-refractivity contribution in [1.82, 2.24) is 5.32 Å². The van der Waals surface area contributed by atoms with Gasteiger partial charge in [-0.15, -0.1) is 0 Å². The largest absolute Gasteiger partial charge is 0.497 e. The molecule has 2 aliphatic rings. The molecule has 0 aliphatic carbocycles. The third-order valence-electron chi connectivity index (χ3n) is 4.64. The van der Waals surface area contributed by atoms with Crippen LogP contribution in [0.25, 0.3) is 0 Å². The van der Waals surface area contributed by atoms with E-state index in [1.165, 1.54) is 5.56 Å². The van der Waals surface area contributed by atoms with Gasteiger partial charge in [0.2, 0.25) is 0 Å². The molecular formula is C17H25NO3. The maximum atomic E-state index is 6.45. The molecule has 1 aromatic rings. The average Bonchev–Trinajstić information content (AvgIpc) is 2.44. The summed E-state index contributed by atoms with van der Waals surface area (Å²) in [6.07, 6.45) is 2.83. The van der Waals surface area contributed by atoms with Crippen LogP contribution in [0.4, 0.5) is 0 Å². The van der Waals surface area contributed by atoms with Gasteiger partial charge in [0, 0.05) is 30.9 Å². The minimum absolute atomic E-state index is 0.124. The topological polar surface area (TPSA) is 39.7 Å². The minimum Gasteiger partial charge on any atom is -0.497 e. The van der Waals surface area contributed by atoms with Crippen molar-refractivity contribution in [2.75, 3.05) is 20.8 Å². The van der Waals surface area contributed by atoms with Crippen LogP contribution in [0, 0.1) is 0 Å². The van der Waals surface area contributed by atoms with Gasteiger partial charge < -0.3 is 19.5 Å². The molecule has 1 N–H and O–H groups in total. The fourth-order valence-electron chi connectivity index (χ4n) is 3.72. The van der Waals surface area contributed by atoms with Crippen LogP contribution in [0.15, 0.2) is 18.2 Å². The van der Waals surface area contributed by atoms with Crippen molar-refractivity contribution in [3.05, 3.63) is 23.8 Å². The van der Waals surface area contributed by atoms with E-state index in [0.29, 0.717) is 0 Å². The molecule has 0 aromatic heterocycles. The maximum Gasteiger partial charge on any atom is 0.125 e. The lowest BCUT2D eigenvalue weighted by Gasteiger charge is -2.49. The summed E-state index contributed by atoms with van der Waals surface area (Å²) in [5.41, 5.74) is 0.934. The molecule has 0 amide bonds. The predicted octanol–water partition coefficient (Wildman–Crippen LogP) is 3.07. The summed E-state index contributed by atoms with van der Waals surface area (Å²) in [6.45, 7) is 5.05. The second kappa shape index (κ2) is 5.18. The van der Waals surface area contributed by atoms with E-state index >= 15 is 0 Å². The lowest BCUT2D eigenvalue weighted by molar-refractivity contribution is -0.142. The molecule has 2 heterocycles. The van der Waals surface area contributed by atoms with Gasteiger partial charge in [0.05, 0.1) is 19.3 Å². The molecule has 0 saturated carbocycles. The van der Waals surface area contributed by atoms with E-state index in [1.54, 1.807) is 7.11 Å². The lowest BCUT2D eigenvalue weighted by Crippen LogP contribution is -2.52. The Kier molecular flexibility index (Phi) is 3.62. The van der Waals surface area contributed by atoms with Crippen molar-refractivity contribution in [3.8, 4) is 11.5 Å². The molecule has 1 spiro atoms. The number of fused-ring (bicyclic) bond motifs is 1. The first-order valence-electron chi connectivity index (χ1n) is 7.65. The molecule has 2 aliphatic heterocycles. The normalized spacial score (nSPS) is 30.6. The van der Waals surface area contributed by atoms with Gasteiger partial charge in [-0.05, 0) is 39.1 Å². The van der Waals surface area contributed by atoms with Crippen LogP contribution in [0.1, 0.15) is 44.7 Å². The second-order valence-corrected chi connectivity index (χ2v) is 6.77. The van der Waals surface area contributed by atoms with Gasteiger partial charge in [-0.25, -0.2) is 0 Å². The molecule has 1 saturated heterocycles. The molecule has 0 bridgehead atoms. The van der Waals surface area contributed by atoms with Crippen LogP contribution >= 0.6 is 0 Å². The Hall–Kier alpha value is -1.26. The predicted molar refractivity (Wildman–Crippen MR) is 82.0 cm³/mol.